The zero-order chi connectivity index (χ0) is 17.0. The molecule has 1 atom stereocenters. The topological polar surface area (TPSA) is 95.5 Å². The van der Waals surface area contributed by atoms with Crippen molar-refractivity contribution in [3.05, 3.63) is 34.3 Å². The van der Waals surface area contributed by atoms with Gasteiger partial charge in [-0.1, -0.05) is 28.1 Å². The molecule has 0 saturated heterocycles. The summed E-state index contributed by atoms with van der Waals surface area (Å²) < 4.78 is 0.895. The van der Waals surface area contributed by atoms with E-state index in [0.29, 0.717) is 12.8 Å². The smallest absolute Gasteiger partial charge is 0.329 e. The first-order valence-electron chi connectivity index (χ1n) is 7.39. The Morgan fingerprint density at radius 2 is 1.87 bits per heavy atom. The molecule has 0 spiro atoms. The number of hydrogen-bond donors (Lipinski definition) is 3. The van der Waals surface area contributed by atoms with Crippen LogP contribution in [0.1, 0.15) is 44.2 Å². The lowest BCUT2D eigenvalue weighted by Gasteiger charge is -2.38. The van der Waals surface area contributed by atoms with Gasteiger partial charge in [0.05, 0.1) is 12.5 Å². The summed E-state index contributed by atoms with van der Waals surface area (Å²) in [4.78, 5) is 35.0. The first-order valence-corrected chi connectivity index (χ1v) is 8.19. The molecular formula is C16H19BrN2O4. The zero-order valence-corrected chi connectivity index (χ0v) is 14.4. The predicted molar refractivity (Wildman–Crippen MR) is 87.7 cm³/mol. The largest absolute Gasteiger partial charge is 0.480 e. The van der Waals surface area contributed by atoms with Crippen molar-refractivity contribution in [3.63, 3.8) is 0 Å². The van der Waals surface area contributed by atoms with E-state index in [0.717, 1.165) is 16.5 Å². The van der Waals surface area contributed by atoms with Crippen LogP contribution in [0.25, 0.3) is 0 Å². The number of hydrogen-bond acceptors (Lipinski definition) is 3. The molecule has 23 heavy (non-hydrogen) atoms. The Labute approximate surface area is 142 Å². The lowest BCUT2D eigenvalue weighted by molar-refractivity contribution is -0.152. The second-order valence-corrected chi connectivity index (χ2v) is 6.71. The molecule has 3 N–H and O–H groups in total. The van der Waals surface area contributed by atoms with Crippen LogP contribution in [0.2, 0.25) is 0 Å². The maximum Gasteiger partial charge on any atom is 0.329 e. The summed E-state index contributed by atoms with van der Waals surface area (Å²) in [6, 6.07) is 6.79. The number of benzene rings is 1. The third-order valence-electron chi connectivity index (χ3n) is 4.03. The SMILES string of the molecule is CC(=O)NC(CC(=O)NC1(C(=O)O)CCC1)c1ccc(Br)cc1. The van der Waals surface area contributed by atoms with Gasteiger partial charge in [0.2, 0.25) is 11.8 Å². The molecule has 0 aliphatic heterocycles. The van der Waals surface area contributed by atoms with E-state index in [1.807, 2.05) is 24.3 Å². The molecule has 2 rings (SSSR count). The number of aliphatic carboxylic acids is 1. The molecule has 124 valence electrons. The number of carbonyl (C=O) groups is 3. The van der Waals surface area contributed by atoms with Crippen LogP contribution in [0.5, 0.6) is 0 Å². The number of amides is 2. The fourth-order valence-corrected chi connectivity index (χ4v) is 2.88. The lowest BCUT2D eigenvalue weighted by Crippen LogP contribution is -2.59. The average Bonchev–Trinajstić information content (AvgIpc) is 2.42. The van der Waals surface area contributed by atoms with Crippen molar-refractivity contribution < 1.29 is 19.5 Å². The molecule has 1 aromatic carbocycles. The Hall–Kier alpha value is -1.89. The van der Waals surface area contributed by atoms with E-state index in [1.54, 1.807) is 0 Å². The van der Waals surface area contributed by atoms with Crippen LogP contribution < -0.4 is 10.6 Å². The van der Waals surface area contributed by atoms with Gasteiger partial charge in [-0.3, -0.25) is 9.59 Å². The highest BCUT2D eigenvalue weighted by molar-refractivity contribution is 9.10. The first kappa shape index (κ1) is 17.5. The molecule has 1 unspecified atom stereocenters. The average molecular weight is 383 g/mol. The molecule has 1 fully saturated rings. The minimum Gasteiger partial charge on any atom is -0.480 e. The Bertz CT molecular complexity index is 611. The van der Waals surface area contributed by atoms with Gasteiger partial charge in [0.15, 0.2) is 0 Å². The highest BCUT2D eigenvalue weighted by Crippen LogP contribution is 2.32. The number of carboxylic acid groups (broad SMARTS) is 1. The summed E-state index contributed by atoms with van der Waals surface area (Å²) in [5, 5.41) is 14.6. The van der Waals surface area contributed by atoms with Gasteiger partial charge in [-0.25, -0.2) is 4.79 Å². The molecule has 0 bridgehead atoms. The number of nitrogens with one attached hydrogen (secondary N) is 2. The van der Waals surface area contributed by atoms with Gasteiger partial charge in [-0.15, -0.1) is 0 Å². The Morgan fingerprint density at radius 1 is 1.26 bits per heavy atom. The van der Waals surface area contributed by atoms with Crippen LogP contribution in [-0.4, -0.2) is 28.4 Å². The second kappa shape index (κ2) is 7.12. The number of carbonyl (C=O) groups excluding carboxylic acids is 2. The van der Waals surface area contributed by atoms with E-state index in [9.17, 15) is 19.5 Å². The third kappa shape index (κ3) is 4.31. The van der Waals surface area contributed by atoms with Crippen molar-refractivity contribution in [2.45, 2.75) is 44.2 Å². The minimum atomic E-state index is -1.14. The third-order valence-corrected chi connectivity index (χ3v) is 4.56. The number of rotatable bonds is 6. The minimum absolute atomic E-state index is 0.00373. The van der Waals surface area contributed by atoms with Gasteiger partial charge in [0.25, 0.3) is 0 Å². The van der Waals surface area contributed by atoms with E-state index in [2.05, 4.69) is 26.6 Å². The fraction of sp³-hybridized carbons (Fsp3) is 0.438. The maximum atomic E-state index is 12.3. The molecular weight excluding hydrogens is 364 g/mol. The summed E-state index contributed by atoms with van der Waals surface area (Å²) in [6.45, 7) is 1.38. The summed E-state index contributed by atoms with van der Waals surface area (Å²) in [5.41, 5.74) is -0.353. The molecule has 1 aliphatic rings. The maximum absolute atomic E-state index is 12.3. The molecule has 1 aliphatic carbocycles. The lowest BCUT2D eigenvalue weighted by atomic mass is 9.76. The molecule has 7 heteroatoms. The van der Waals surface area contributed by atoms with Gasteiger partial charge in [0.1, 0.15) is 5.54 Å². The Balaban J connectivity index is 2.08. The van der Waals surface area contributed by atoms with Crippen LogP contribution in [0.15, 0.2) is 28.7 Å². The van der Waals surface area contributed by atoms with E-state index in [-0.39, 0.29) is 18.2 Å². The monoisotopic (exact) mass is 382 g/mol. The summed E-state index contributed by atoms with van der Waals surface area (Å²) >= 11 is 3.34. The van der Waals surface area contributed by atoms with Crippen molar-refractivity contribution in [1.82, 2.24) is 10.6 Å². The quantitative estimate of drug-likeness (QED) is 0.702. The van der Waals surface area contributed by atoms with Crippen LogP contribution in [0, 0.1) is 0 Å². The Morgan fingerprint density at radius 3 is 2.30 bits per heavy atom. The van der Waals surface area contributed by atoms with Crippen molar-refractivity contribution in [3.8, 4) is 0 Å². The predicted octanol–water partition coefficient (Wildman–Crippen LogP) is 2.14. The number of carboxylic acids is 1. The van der Waals surface area contributed by atoms with Gasteiger partial charge in [-0.2, -0.15) is 0 Å². The summed E-state index contributed by atoms with van der Waals surface area (Å²) in [6.07, 6.45) is 1.67. The highest BCUT2D eigenvalue weighted by Gasteiger charge is 2.45. The zero-order valence-electron chi connectivity index (χ0n) is 12.8. The molecule has 0 aromatic heterocycles. The van der Waals surface area contributed by atoms with Gasteiger partial charge in [-0.05, 0) is 37.0 Å². The van der Waals surface area contributed by atoms with E-state index in [1.165, 1.54) is 6.92 Å². The van der Waals surface area contributed by atoms with Crippen LogP contribution in [0.3, 0.4) is 0 Å². The van der Waals surface area contributed by atoms with E-state index in [4.69, 9.17) is 0 Å². The van der Waals surface area contributed by atoms with Gasteiger partial charge >= 0.3 is 5.97 Å². The van der Waals surface area contributed by atoms with Crippen LogP contribution >= 0.6 is 15.9 Å². The summed E-state index contributed by atoms with van der Waals surface area (Å²) in [7, 11) is 0. The molecule has 0 heterocycles. The van der Waals surface area contributed by atoms with E-state index < -0.39 is 17.6 Å². The normalized spacial score (nSPS) is 16.8. The van der Waals surface area contributed by atoms with Gasteiger partial charge in [0, 0.05) is 11.4 Å². The highest BCUT2D eigenvalue weighted by atomic mass is 79.9. The van der Waals surface area contributed by atoms with Crippen molar-refractivity contribution in [2.75, 3.05) is 0 Å². The van der Waals surface area contributed by atoms with Crippen LogP contribution in [-0.2, 0) is 14.4 Å². The molecule has 1 aromatic rings. The molecule has 0 radical (unpaired) electrons. The standard InChI is InChI=1S/C16H19BrN2O4/c1-10(20)18-13(11-3-5-12(17)6-4-11)9-14(21)19-16(15(22)23)7-2-8-16/h3-6,13H,2,7-9H2,1H3,(H,18,20)(H,19,21)(H,22,23). The second-order valence-electron chi connectivity index (χ2n) is 5.80. The van der Waals surface area contributed by atoms with Crippen molar-refractivity contribution >= 4 is 33.7 Å². The molecule has 6 nitrogen and oxygen atoms in total. The fourth-order valence-electron chi connectivity index (χ4n) is 2.62. The summed E-state index contributed by atoms with van der Waals surface area (Å²) in [5.74, 6) is -1.63. The molecule has 2 amide bonds. The van der Waals surface area contributed by atoms with Crippen LogP contribution in [0.4, 0.5) is 0 Å². The first-order chi connectivity index (χ1) is 10.8. The Kier molecular flexibility index (Phi) is 5.41. The van der Waals surface area contributed by atoms with E-state index >= 15 is 0 Å². The number of halogens is 1. The van der Waals surface area contributed by atoms with Gasteiger partial charge < -0.3 is 15.7 Å². The molecule has 1 saturated carbocycles. The van der Waals surface area contributed by atoms with Crippen molar-refractivity contribution in [2.24, 2.45) is 0 Å². The van der Waals surface area contributed by atoms with Crippen molar-refractivity contribution in [1.29, 1.82) is 0 Å².